The topological polar surface area (TPSA) is 84.3 Å². The van der Waals surface area contributed by atoms with Crippen LogP contribution in [0.1, 0.15) is 48.2 Å². The number of aromatic nitrogens is 4. The Labute approximate surface area is 209 Å². The van der Waals surface area contributed by atoms with Crippen LogP contribution in [0.5, 0.6) is 0 Å². The molecular formula is C29H29N5O2. The average Bonchev–Trinajstić information content (AvgIpc) is 3.48. The van der Waals surface area contributed by atoms with Gasteiger partial charge < -0.3 is 10.1 Å². The highest BCUT2D eigenvalue weighted by molar-refractivity contribution is 5.91. The molecule has 1 aliphatic rings. The first-order valence-corrected chi connectivity index (χ1v) is 12.5. The molecule has 0 bridgehead atoms. The molecule has 1 aliphatic carbocycles. The van der Waals surface area contributed by atoms with Gasteiger partial charge in [-0.05, 0) is 55.2 Å². The number of rotatable bonds is 5. The van der Waals surface area contributed by atoms with E-state index in [0.29, 0.717) is 11.6 Å². The Hall–Kier alpha value is -4.13. The molecule has 7 heteroatoms. The Morgan fingerprint density at radius 2 is 1.75 bits per heavy atom. The van der Waals surface area contributed by atoms with Gasteiger partial charge in [-0.1, -0.05) is 49.6 Å². The molecule has 0 unspecified atom stereocenters. The van der Waals surface area contributed by atoms with Gasteiger partial charge in [0.1, 0.15) is 17.2 Å². The van der Waals surface area contributed by atoms with Crippen molar-refractivity contribution in [1.29, 1.82) is 0 Å². The van der Waals surface area contributed by atoms with Crippen molar-refractivity contribution in [3.8, 4) is 22.4 Å². The Balaban J connectivity index is 1.40. The molecule has 0 amide bonds. The summed E-state index contributed by atoms with van der Waals surface area (Å²) in [6, 6.07) is 18.9. The maximum atomic E-state index is 12.1. The molecule has 3 heterocycles. The molecular weight excluding hydrogens is 450 g/mol. The van der Waals surface area contributed by atoms with Crippen LogP contribution in [0.25, 0.3) is 38.9 Å². The lowest BCUT2D eigenvalue weighted by molar-refractivity contribution is 0.0600. The van der Waals surface area contributed by atoms with Crippen molar-refractivity contribution < 1.29 is 9.53 Å². The molecule has 0 radical (unpaired) electrons. The number of benzene rings is 2. The summed E-state index contributed by atoms with van der Waals surface area (Å²) in [6.07, 6.45) is 7.99. The maximum Gasteiger partial charge on any atom is 0.338 e. The predicted octanol–water partition coefficient (Wildman–Crippen LogP) is 6.38. The van der Waals surface area contributed by atoms with E-state index >= 15 is 0 Å². The summed E-state index contributed by atoms with van der Waals surface area (Å²) in [5.41, 5.74) is 7.45. The summed E-state index contributed by atoms with van der Waals surface area (Å²) in [6.45, 7) is 2.02. The molecule has 1 fully saturated rings. The number of hydrogen-bond donors (Lipinski definition) is 2. The first kappa shape index (κ1) is 22.3. The van der Waals surface area contributed by atoms with Crippen LogP contribution in [0.3, 0.4) is 0 Å². The molecule has 0 aliphatic heterocycles. The van der Waals surface area contributed by atoms with Crippen molar-refractivity contribution in [2.45, 2.75) is 45.1 Å². The van der Waals surface area contributed by atoms with Crippen molar-refractivity contribution in [2.24, 2.45) is 0 Å². The summed E-state index contributed by atoms with van der Waals surface area (Å²) in [4.78, 5) is 17.1. The van der Waals surface area contributed by atoms with Crippen LogP contribution in [0.4, 0.5) is 5.82 Å². The van der Waals surface area contributed by atoms with Crippen molar-refractivity contribution in [1.82, 2.24) is 19.6 Å². The first-order chi connectivity index (χ1) is 17.6. The number of carbonyl (C=O) groups is 1. The van der Waals surface area contributed by atoms with E-state index in [4.69, 9.17) is 9.72 Å². The molecule has 5 aromatic rings. The Kier molecular flexibility index (Phi) is 5.68. The van der Waals surface area contributed by atoms with Crippen molar-refractivity contribution >= 4 is 28.3 Å². The van der Waals surface area contributed by atoms with E-state index in [1.165, 1.54) is 26.4 Å². The van der Waals surface area contributed by atoms with E-state index in [1.54, 1.807) is 12.1 Å². The molecule has 0 spiro atoms. The zero-order valence-corrected chi connectivity index (χ0v) is 20.5. The molecule has 7 nitrogen and oxygen atoms in total. The number of aryl methyl sites for hydroxylation is 1. The molecule has 36 heavy (non-hydrogen) atoms. The smallest absolute Gasteiger partial charge is 0.338 e. The van der Waals surface area contributed by atoms with Crippen LogP contribution in [0.2, 0.25) is 0 Å². The molecule has 0 saturated heterocycles. The molecule has 3 aromatic heterocycles. The lowest BCUT2D eigenvalue weighted by atomic mass is 9.95. The quantitative estimate of drug-likeness (QED) is 0.286. The Morgan fingerprint density at radius 1 is 1.00 bits per heavy atom. The van der Waals surface area contributed by atoms with Gasteiger partial charge in [0.25, 0.3) is 0 Å². The van der Waals surface area contributed by atoms with Crippen molar-refractivity contribution in [2.75, 3.05) is 12.4 Å². The molecule has 1 saturated carbocycles. The number of aromatic amines is 1. The van der Waals surface area contributed by atoms with E-state index < -0.39 is 0 Å². The monoisotopic (exact) mass is 479 g/mol. The third-order valence-corrected chi connectivity index (χ3v) is 7.24. The number of pyridine rings is 1. The number of nitrogens with zero attached hydrogens (tertiary/aromatic N) is 3. The third kappa shape index (κ3) is 4.00. The van der Waals surface area contributed by atoms with Gasteiger partial charge in [-0.25, -0.2) is 9.78 Å². The number of H-pyrrole nitrogens is 1. The van der Waals surface area contributed by atoms with Crippen LogP contribution < -0.4 is 5.32 Å². The summed E-state index contributed by atoms with van der Waals surface area (Å²) in [5.74, 6) is 0.606. The van der Waals surface area contributed by atoms with Crippen molar-refractivity contribution in [3.05, 3.63) is 72.1 Å². The fourth-order valence-corrected chi connectivity index (χ4v) is 5.21. The minimum Gasteiger partial charge on any atom is -0.465 e. The number of anilines is 1. The fraction of sp³-hybridized carbons (Fsp3) is 0.276. The lowest BCUT2D eigenvalue weighted by Gasteiger charge is -2.24. The summed E-state index contributed by atoms with van der Waals surface area (Å²) < 4.78 is 6.96. The number of carbonyl (C=O) groups excluding carboxylic acids is 1. The standard InChI is InChI=1S/C29H29N5O2/c1-18-24-16-21(12-13-25(24)33-32-18)19-8-10-20(11-9-19)27-28(30-23-6-4-3-5-7-23)34-15-14-22(29(35)36-2)17-26(34)31-27/h8-17,23,30H,3-7H2,1-2H3,(H,32,33). The van der Waals surface area contributed by atoms with E-state index in [9.17, 15) is 4.79 Å². The Morgan fingerprint density at radius 3 is 2.53 bits per heavy atom. The lowest BCUT2D eigenvalue weighted by Crippen LogP contribution is -2.23. The van der Waals surface area contributed by atoms with Gasteiger partial charge in [0.2, 0.25) is 0 Å². The molecule has 2 N–H and O–H groups in total. The van der Waals surface area contributed by atoms with Crippen LogP contribution >= 0.6 is 0 Å². The molecule has 6 rings (SSSR count). The minimum absolute atomic E-state index is 0.363. The van der Waals surface area contributed by atoms with E-state index in [-0.39, 0.29) is 5.97 Å². The van der Waals surface area contributed by atoms with E-state index in [2.05, 4.69) is 58.0 Å². The van der Waals surface area contributed by atoms with E-state index in [0.717, 1.165) is 63.3 Å². The number of methoxy groups -OCH3 is 1. The van der Waals surface area contributed by atoms with Gasteiger partial charge in [0.15, 0.2) is 0 Å². The number of ether oxygens (including phenoxy) is 1. The highest BCUT2D eigenvalue weighted by Crippen LogP contribution is 2.34. The molecule has 2 aromatic carbocycles. The minimum atomic E-state index is -0.363. The van der Waals surface area contributed by atoms with Crippen LogP contribution in [-0.2, 0) is 4.74 Å². The van der Waals surface area contributed by atoms with Crippen LogP contribution in [0, 0.1) is 6.92 Å². The second kappa shape index (κ2) is 9.15. The number of hydrogen-bond acceptors (Lipinski definition) is 5. The maximum absolute atomic E-state index is 12.1. The van der Waals surface area contributed by atoms with Crippen LogP contribution in [-0.4, -0.2) is 38.7 Å². The molecule has 0 atom stereocenters. The third-order valence-electron chi connectivity index (χ3n) is 7.24. The van der Waals surface area contributed by atoms with Gasteiger partial charge in [0, 0.05) is 23.2 Å². The van der Waals surface area contributed by atoms with Gasteiger partial charge in [-0.2, -0.15) is 5.10 Å². The number of imidazole rings is 1. The number of fused-ring (bicyclic) bond motifs is 2. The van der Waals surface area contributed by atoms with Crippen LogP contribution in [0.15, 0.2) is 60.8 Å². The average molecular weight is 480 g/mol. The summed E-state index contributed by atoms with van der Waals surface area (Å²) >= 11 is 0. The van der Waals surface area contributed by atoms with Gasteiger partial charge in [-0.3, -0.25) is 9.50 Å². The first-order valence-electron chi connectivity index (χ1n) is 12.5. The second-order valence-corrected chi connectivity index (χ2v) is 9.57. The summed E-state index contributed by atoms with van der Waals surface area (Å²) in [5, 5.41) is 12.3. The molecule has 182 valence electrons. The highest BCUT2D eigenvalue weighted by atomic mass is 16.5. The van der Waals surface area contributed by atoms with Gasteiger partial charge in [-0.15, -0.1) is 0 Å². The SMILES string of the molecule is COC(=O)c1ccn2c(NC3CCCCC3)c(-c3ccc(-c4ccc5[nH]nc(C)c5c4)cc3)nc2c1. The zero-order chi connectivity index (χ0) is 24.6. The summed E-state index contributed by atoms with van der Waals surface area (Å²) in [7, 11) is 1.40. The van der Waals surface area contributed by atoms with E-state index in [1.807, 2.05) is 17.5 Å². The largest absolute Gasteiger partial charge is 0.465 e. The van der Waals surface area contributed by atoms with Gasteiger partial charge in [0.05, 0.1) is 23.9 Å². The fourth-order valence-electron chi connectivity index (χ4n) is 5.21. The predicted molar refractivity (Wildman–Crippen MR) is 142 cm³/mol. The Bertz CT molecular complexity index is 1560. The zero-order valence-electron chi connectivity index (χ0n) is 20.5. The number of esters is 1. The highest BCUT2D eigenvalue weighted by Gasteiger charge is 2.21. The van der Waals surface area contributed by atoms with Crippen molar-refractivity contribution in [3.63, 3.8) is 0 Å². The van der Waals surface area contributed by atoms with Gasteiger partial charge >= 0.3 is 5.97 Å². The number of nitrogens with one attached hydrogen (secondary N) is 2. The second-order valence-electron chi connectivity index (χ2n) is 9.57. The normalized spacial score (nSPS) is 14.4.